The zero-order valence-electron chi connectivity index (χ0n) is 9.29. The number of benzene rings is 2. The fourth-order valence-corrected chi connectivity index (χ4v) is 1.85. The normalized spacial score (nSPS) is 10.4. The number of ether oxygens (including phenoxy) is 1. The second-order valence-electron chi connectivity index (χ2n) is 3.76. The van der Waals surface area contributed by atoms with E-state index in [0.717, 1.165) is 10.5 Å². The number of anilines is 1. The predicted molar refractivity (Wildman–Crippen MR) is 69.2 cm³/mol. The van der Waals surface area contributed by atoms with Crippen molar-refractivity contribution in [3.63, 3.8) is 0 Å². The van der Waals surface area contributed by atoms with Gasteiger partial charge in [-0.25, -0.2) is 8.78 Å². The zero-order valence-corrected chi connectivity index (χ0v) is 10.9. The molecule has 0 saturated carbocycles. The molecule has 18 heavy (non-hydrogen) atoms. The number of hydrogen-bond acceptors (Lipinski definition) is 2. The maximum absolute atomic E-state index is 13.0. The van der Waals surface area contributed by atoms with Crippen molar-refractivity contribution in [3.8, 4) is 5.75 Å². The van der Waals surface area contributed by atoms with Crippen molar-refractivity contribution in [1.82, 2.24) is 0 Å². The lowest BCUT2D eigenvalue weighted by Gasteiger charge is -2.09. The number of nitrogens with two attached hydrogens (primary N) is 1. The highest BCUT2D eigenvalue weighted by molar-refractivity contribution is 9.10. The molecule has 2 nitrogen and oxygen atoms in total. The highest BCUT2D eigenvalue weighted by Crippen LogP contribution is 2.27. The third-order valence-electron chi connectivity index (χ3n) is 2.27. The van der Waals surface area contributed by atoms with Crippen LogP contribution in [0.4, 0.5) is 14.5 Å². The quantitative estimate of drug-likeness (QED) is 0.873. The van der Waals surface area contributed by atoms with Gasteiger partial charge in [0.15, 0.2) is 0 Å². The van der Waals surface area contributed by atoms with Crippen LogP contribution in [0.25, 0.3) is 0 Å². The Balaban J connectivity index is 2.13. The minimum absolute atomic E-state index is 0.0662. The van der Waals surface area contributed by atoms with Gasteiger partial charge in [0.1, 0.15) is 24.0 Å². The second-order valence-corrected chi connectivity index (χ2v) is 4.61. The first-order valence-electron chi connectivity index (χ1n) is 5.17. The molecule has 0 fully saturated rings. The molecule has 2 aromatic rings. The highest BCUT2D eigenvalue weighted by Gasteiger charge is 2.04. The molecule has 0 unspecified atom stereocenters. The van der Waals surface area contributed by atoms with Crippen molar-refractivity contribution >= 4 is 21.6 Å². The maximum Gasteiger partial charge on any atom is 0.136 e. The van der Waals surface area contributed by atoms with E-state index in [1.807, 2.05) is 0 Å². The van der Waals surface area contributed by atoms with Gasteiger partial charge in [-0.15, -0.1) is 0 Å². The molecule has 0 heterocycles. The average molecular weight is 314 g/mol. The fourth-order valence-electron chi connectivity index (χ4n) is 1.49. The minimum atomic E-state index is -0.625. The summed E-state index contributed by atoms with van der Waals surface area (Å²) in [5.74, 6) is -0.722. The van der Waals surface area contributed by atoms with Crippen molar-refractivity contribution in [1.29, 1.82) is 0 Å². The van der Waals surface area contributed by atoms with Crippen LogP contribution >= 0.6 is 15.9 Å². The molecule has 5 heteroatoms. The van der Waals surface area contributed by atoms with E-state index >= 15 is 0 Å². The van der Waals surface area contributed by atoms with Gasteiger partial charge >= 0.3 is 0 Å². The Morgan fingerprint density at radius 3 is 2.39 bits per heavy atom. The van der Waals surface area contributed by atoms with E-state index in [1.165, 1.54) is 12.1 Å². The molecule has 0 saturated heterocycles. The maximum atomic E-state index is 13.0. The third-order valence-corrected chi connectivity index (χ3v) is 2.93. The topological polar surface area (TPSA) is 35.2 Å². The Bertz CT molecular complexity index is 555. The average Bonchev–Trinajstić information content (AvgIpc) is 2.29. The summed E-state index contributed by atoms with van der Waals surface area (Å²) in [4.78, 5) is 0. The molecule has 0 atom stereocenters. The van der Waals surface area contributed by atoms with Crippen LogP contribution in [0.5, 0.6) is 5.75 Å². The lowest BCUT2D eigenvalue weighted by atomic mass is 10.2. The first kappa shape index (κ1) is 12.8. The van der Waals surface area contributed by atoms with E-state index < -0.39 is 11.6 Å². The predicted octanol–water partition coefficient (Wildman–Crippen LogP) is 3.89. The van der Waals surface area contributed by atoms with Crippen molar-refractivity contribution in [2.75, 3.05) is 5.73 Å². The van der Waals surface area contributed by atoms with Gasteiger partial charge < -0.3 is 10.5 Å². The van der Waals surface area contributed by atoms with Gasteiger partial charge in [0, 0.05) is 17.8 Å². The molecule has 2 aromatic carbocycles. The lowest BCUT2D eigenvalue weighted by Crippen LogP contribution is -1.98. The fraction of sp³-hybridized carbons (Fsp3) is 0.0769. The second kappa shape index (κ2) is 5.35. The summed E-state index contributed by atoms with van der Waals surface area (Å²) >= 11 is 3.30. The van der Waals surface area contributed by atoms with Crippen LogP contribution in [-0.2, 0) is 6.61 Å². The summed E-state index contributed by atoms with van der Waals surface area (Å²) in [5, 5.41) is 0. The van der Waals surface area contributed by atoms with Gasteiger partial charge in [-0.05, 0) is 45.8 Å². The Morgan fingerprint density at radius 2 is 1.72 bits per heavy atom. The summed E-state index contributed by atoms with van der Waals surface area (Å²) in [7, 11) is 0. The van der Waals surface area contributed by atoms with Gasteiger partial charge in [-0.2, -0.15) is 0 Å². The van der Waals surface area contributed by atoms with Crippen molar-refractivity contribution in [2.45, 2.75) is 6.61 Å². The minimum Gasteiger partial charge on any atom is -0.488 e. The number of rotatable bonds is 3. The van der Waals surface area contributed by atoms with E-state index in [-0.39, 0.29) is 6.61 Å². The highest BCUT2D eigenvalue weighted by atomic mass is 79.9. The first-order chi connectivity index (χ1) is 8.54. The molecular weight excluding hydrogens is 304 g/mol. The summed E-state index contributed by atoms with van der Waals surface area (Å²) in [6, 6.07) is 8.38. The van der Waals surface area contributed by atoms with E-state index in [2.05, 4.69) is 15.9 Å². The summed E-state index contributed by atoms with van der Waals surface area (Å²) < 4.78 is 32.1. The van der Waals surface area contributed by atoms with Crippen LogP contribution in [0, 0.1) is 11.6 Å². The molecule has 2 rings (SSSR count). The van der Waals surface area contributed by atoms with Crippen LogP contribution < -0.4 is 10.5 Å². The molecule has 0 amide bonds. The SMILES string of the molecule is Nc1ccc(Br)c(OCc2cc(F)cc(F)c2)c1. The van der Waals surface area contributed by atoms with Crippen LogP contribution in [0.2, 0.25) is 0 Å². The van der Waals surface area contributed by atoms with Crippen LogP contribution in [-0.4, -0.2) is 0 Å². The summed E-state index contributed by atoms with van der Waals surface area (Å²) in [6.45, 7) is 0.0662. The third kappa shape index (κ3) is 3.20. The van der Waals surface area contributed by atoms with E-state index in [4.69, 9.17) is 10.5 Å². The Hall–Kier alpha value is -1.62. The van der Waals surface area contributed by atoms with Crippen LogP contribution in [0.3, 0.4) is 0 Å². The largest absolute Gasteiger partial charge is 0.488 e. The Labute approximate surface area is 112 Å². The summed E-state index contributed by atoms with van der Waals surface area (Å²) in [5.41, 5.74) is 6.60. The molecule has 0 aliphatic rings. The molecule has 0 aliphatic carbocycles. The standard InChI is InChI=1S/C13H10BrF2NO/c14-12-2-1-11(17)6-13(12)18-7-8-3-9(15)5-10(16)4-8/h1-6H,7,17H2. The molecule has 0 radical (unpaired) electrons. The van der Waals surface area contributed by atoms with Crippen LogP contribution in [0.15, 0.2) is 40.9 Å². The van der Waals surface area contributed by atoms with Crippen LogP contribution in [0.1, 0.15) is 5.56 Å². The molecule has 0 aromatic heterocycles. The zero-order chi connectivity index (χ0) is 13.1. The van der Waals surface area contributed by atoms with Crippen molar-refractivity contribution < 1.29 is 13.5 Å². The molecule has 0 aliphatic heterocycles. The Morgan fingerprint density at radius 1 is 1.06 bits per heavy atom. The lowest BCUT2D eigenvalue weighted by molar-refractivity contribution is 0.303. The van der Waals surface area contributed by atoms with Gasteiger partial charge in [-0.3, -0.25) is 0 Å². The van der Waals surface area contributed by atoms with Gasteiger partial charge in [0.05, 0.1) is 4.47 Å². The molecule has 2 N–H and O–H groups in total. The van der Waals surface area contributed by atoms with E-state index in [1.54, 1.807) is 18.2 Å². The van der Waals surface area contributed by atoms with E-state index in [0.29, 0.717) is 17.0 Å². The Kier molecular flexibility index (Phi) is 3.81. The van der Waals surface area contributed by atoms with Gasteiger partial charge in [-0.1, -0.05) is 0 Å². The summed E-state index contributed by atoms with van der Waals surface area (Å²) in [6.07, 6.45) is 0. The van der Waals surface area contributed by atoms with Crippen molar-refractivity contribution in [2.24, 2.45) is 0 Å². The van der Waals surface area contributed by atoms with Crippen molar-refractivity contribution in [3.05, 3.63) is 58.1 Å². The number of hydrogen-bond donors (Lipinski definition) is 1. The number of halogens is 3. The van der Waals surface area contributed by atoms with E-state index in [9.17, 15) is 8.78 Å². The number of nitrogen functional groups attached to an aromatic ring is 1. The monoisotopic (exact) mass is 313 g/mol. The van der Waals surface area contributed by atoms with Gasteiger partial charge in [0.25, 0.3) is 0 Å². The molecular formula is C13H10BrF2NO. The molecule has 94 valence electrons. The molecule has 0 spiro atoms. The first-order valence-corrected chi connectivity index (χ1v) is 5.97. The smallest absolute Gasteiger partial charge is 0.136 e. The molecule has 0 bridgehead atoms. The van der Waals surface area contributed by atoms with Gasteiger partial charge in [0.2, 0.25) is 0 Å².